The van der Waals surface area contributed by atoms with Gasteiger partial charge in [-0.05, 0) is 24.6 Å². The average molecular weight is 434 g/mol. The second-order valence-electron chi connectivity index (χ2n) is 7.39. The molecule has 2 amide bonds. The van der Waals surface area contributed by atoms with Gasteiger partial charge in [-0.1, -0.05) is 11.6 Å². The molecular formula is C20H20ClN3O6. The fourth-order valence-corrected chi connectivity index (χ4v) is 4.87. The number of nitrogens with one attached hydrogen (secondary N) is 1. The molecule has 0 bridgehead atoms. The Labute approximate surface area is 176 Å². The molecule has 9 nitrogen and oxygen atoms in total. The van der Waals surface area contributed by atoms with Crippen LogP contribution in [0, 0.1) is 0 Å². The summed E-state index contributed by atoms with van der Waals surface area (Å²) in [6, 6.07) is 4.55. The Morgan fingerprint density at radius 1 is 1.33 bits per heavy atom. The van der Waals surface area contributed by atoms with Gasteiger partial charge in [-0.25, -0.2) is 0 Å². The van der Waals surface area contributed by atoms with Crippen molar-refractivity contribution in [2.24, 2.45) is 0 Å². The van der Waals surface area contributed by atoms with Crippen LogP contribution in [0.4, 0.5) is 0 Å². The van der Waals surface area contributed by atoms with E-state index in [0.29, 0.717) is 42.0 Å². The van der Waals surface area contributed by atoms with Crippen LogP contribution in [-0.2, 0) is 14.3 Å². The highest BCUT2D eigenvalue weighted by molar-refractivity contribution is 6.31. The lowest BCUT2D eigenvalue weighted by atomic mass is 10.0. The Morgan fingerprint density at radius 2 is 2.10 bits per heavy atom. The minimum Gasteiger partial charge on any atom is -0.483 e. The van der Waals surface area contributed by atoms with E-state index >= 15 is 0 Å². The van der Waals surface area contributed by atoms with Crippen LogP contribution in [0.2, 0.25) is 5.02 Å². The van der Waals surface area contributed by atoms with E-state index in [4.69, 9.17) is 26.2 Å². The minimum absolute atomic E-state index is 0.0132. The zero-order chi connectivity index (χ0) is 21.5. The van der Waals surface area contributed by atoms with Gasteiger partial charge in [0, 0.05) is 36.1 Å². The van der Waals surface area contributed by atoms with Crippen molar-refractivity contribution in [1.82, 2.24) is 14.8 Å². The Balaban J connectivity index is 0.000000687. The summed E-state index contributed by atoms with van der Waals surface area (Å²) < 4.78 is 6.02. The molecule has 158 valence electrons. The van der Waals surface area contributed by atoms with Crippen molar-refractivity contribution in [2.45, 2.75) is 31.0 Å². The van der Waals surface area contributed by atoms with Crippen LogP contribution in [0.1, 0.15) is 29.6 Å². The molecule has 4 heterocycles. The largest absolute Gasteiger partial charge is 0.483 e. The molecule has 1 aromatic heterocycles. The lowest BCUT2D eigenvalue weighted by Crippen LogP contribution is -2.56. The lowest BCUT2D eigenvalue weighted by Gasteiger charge is -2.42. The van der Waals surface area contributed by atoms with Crippen LogP contribution in [0.25, 0.3) is 10.9 Å². The zero-order valence-corrected chi connectivity index (χ0v) is 16.7. The second kappa shape index (κ2) is 7.73. The molecule has 0 radical (unpaired) electrons. The van der Waals surface area contributed by atoms with Crippen molar-refractivity contribution in [3.05, 3.63) is 45.2 Å². The Kier molecular flexibility index (Phi) is 5.25. The topological polar surface area (TPSA) is 120 Å². The fraction of sp³-hybridized carbons (Fsp3) is 0.400. The first-order chi connectivity index (χ1) is 14.4. The summed E-state index contributed by atoms with van der Waals surface area (Å²) in [7, 11) is 0. The third kappa shape index (κ3) is 3.05. The van der Waals surface area contributed by atoms with E-state index in [1.807, 2.05) is 0 Å². The third-order valence-corrected chi connectivity index (χ3v) is 6.18. The number of nitrogens with zero attached hydrogens (tertiary/aromatic N) is 2. The molecule has 0 saturated carbocycles. The summed E-state index contributed by atoms with van der Waals surface area (Å²) in [4.78, 5) is 53.2. The second-order valence-corrected chi connectivity index (χ2v) is 7.82. The Bertz CT molecular complexity index is 1090. The molecular weight excluding hydrogens is 414 g/mol. The smallest absolute Gasteiger partial charge is 0.290 e. The maximum absolute atomic E-state index is 13.2. The van der Waals surface area contributed by atoms with Crippen LogP contribution in [0.3, 0.4) is 0 Å². The standard InChI is InChI=1S/C19H18ClN3O4.CH2O2/c20-11-2-3-12-14(8-11)21-10-13(17(12)25)18(26)22-6-4-19-15(22)9-16(24)23(19)5-1-7-27-19;2-1-3/h2-3,8,10,15H,1,4-7,9H2,(H,21,25);1H,(H,2,3)/t15-,19+;/m1./s1. The number of hydrogen-bond donors (Lipinski definition) is 2. The predicted molar refractivity (Wildman–Crippen MR) is 107 cm³/mol. The van der Waals surface area contributed by atoms with Crippen molar-refractivity contribution in [2.75, 3.05) is 19.7 Å². The summed E-state index contributed by atoms with van der Waals surface area (Å²) in [6.07, 6.45) is 3.06. The zero-order valence-electron chi connectivity index (χ0n) is 16.0. The summed E-state index contributed by atoms with van der Waals surface area (Å²) >= 11 is 5.97. The van der Waals surface area contributed by atoms with Crippen molar-refractivity contribution >= 4 is 40.8 Å². The third-order valence-electron chi connectivity index (χ3n) is 5.95. The van der Waals surface area contributed by atoms with Crippen LogP contribution in [0.15, 0.2) is 29.2 Å². The number of carboxylic acid groups (broad SMARTS) is 1. The SMILES string of the molecule is O=C(c1c[nH]c2cc(Cl)ccc2c1=O)N1CC[C@@]23OCCCN2C(=O)C[C@@H]13.O=CO. The maximum atomic E-state index is 13.2. The first-order valence-corrected chi connectivity index (χ1v) is 9.95. The van der Waals surface area contributed by atoms with Gasteiger partial charge < -0.3 is 24.6 Å². The number of ether oxygens (including phenoxy) is 1. The fourth-order valence-electron chi connectivity index (χ4n) is 4.70. The van der Waals surface area contributed by atoms with E-state index in [0.717, 1.165) is 6.42 Å². The molecule has 10 heteroatoms. The number of likely N-dealkylation sites (tertiary alicyclic amines) is 1. The van der Waals surface area contributed by atoms with Crippen LogP contribution in [-0.4, -0.2) is 69.6 Å². The monoisotopic (exact) mass is 433 g/mol. The van der Waals surface area contributed by atoms with E-state index in [-0.39, 0.29) is 41.7 Å². The van der Waals surface area contributed by atoms with E-state index in [2.05, 4.69) is 4.98 Å². The number of pyridine rings is 1. The molecule has 30 heavy (non-hydrogen) atoms. The number of aromatic nitrogens is 1. The molecule has 5 rings (SSSR count). The van der Waals surface area contributed by atoms with Gasteiger partial charge in [0.25, 0.3) is 12.4 Å². The van der Waals surface area contributed by atoms with Crippen LogP contribution < -0.4 is 5.43 Å². The van der Waals surface area contributed by atoms with Gasteiger partial charge in [-0.3, -0.25) is 19.2 Å². The first-order valence-electron chi connectivity index (χ1n) is 9.57. The average Bonchev–Trinajstić information content (AvgIpc) is 3.20. The van der Waals surface area contributed by atoms with E-state index in [1.54, 1.807) is 28.0 Å². The number of halogens is 1. The van der Waals surface area contributed by atoms with Crippen molar-refractivity contribution < 1.29 is 24.2 Å². The molecule has 3 aliphatic heterocycles. The van der Waals surface area contributed by atoms with Crippen molar-refractivity contribution in [3.63, 3.8) is 0 Å². The molecule has 2 atom stereocenters. The number of rotatable bonds is 1. The molecule has 0 unspecified atom stereocenters. The Hall–Kier alpha value is -2.91. The highest BCUT2D eigenvalue weighted by Gasteiger charge is 2.61. The Morgan fingerprint density at radius 3 is 2.87 bits per heavy atom. The molecule has 3 fully saturated rings. The number of fused-ring (bicyclic) bond motifs is 1. The summed E-state index contributed by atoms with van der Waals surface area (Å²) in [6.45, 7) is 1.46. The van der Waals surface area contributed by atoms with Gasteiger partial charge in [0.05, 0.1) is 24.6 Å². The maximum Gasteiger partial charge on any atom is 0.290 e. The number of hydrogen-bond acceptors (Lipinski definition) is 5. The summed E-state index contributed by atoms with van der Waals surface area (Å²) in [5.41, 5.74) is -0.400. The van der Waals surface area contributed by atoms with Gasteiger partial charge in [-0.15, -0.1) is 0 Å². The highest BCUT2D eigenvalue weighted by Crippen LogP contribution is 2.45. The summed E-state index contributed by atoms with van der Waals surface area (Å²) in [5, 5.41) is 7.81. The number of carbonyl (C=O) groups excluding carboxylic acids is 2. The summed E-state index contributed by atoms with van der Waals surface area (Å²) in [5.74, 6) is -0.349. The molecule has 1 spiro atoms. The molecule has 2 N–H and O–H groups in total. The molecule has 2 aromatic rings. The molecule has 0 aliphatic carbocycles. The highest BCUT2D eigenvalue weighted by atomic mass is 35.5. The van der Waals surface area contributed by atoms with Gasteiger partial charge in [0.1, 0.15) is 5.56 Å². The van der Waals surface area contributed by atoms with Gasteiger partial charge in [0.2, 0.25) is 11.3 Å². The molecule has 1 aromatic carbocycles. The van der Waals surface area contributed by atoms with Gasteiger partial charge in [0.15, 0.2) is 5.72 Å². The molecule has 3 saturated heterocycles. The number of aromatic amines is 1. The van der Waals surface area contributed by atoms with Crippen molar-refractivity contribution in [1.29, 1.82) is 0 Å². The predicted octanol–water partition coefficient (Wildman–Crippen LogP) is 1.45. The number of amides is 2. The van der Waals surface area contributed by atoms with Gasteiger partial charge >= 0.3 is 0 Å². The normalized spacial score (nSPS) is 24.8. The number of carbonyl (C=O) groups is 3. The number of benzene rings is 1. The van der Waals surface area contributed by atoms with Gasteiger partial charge in [-0.2, -0.15) is 0 Å². The quantitative estimate of drug-likeness (QED) is 0.657. The first kappa shape index (κ1) is 20.4. The van der Waals surface area contributed by atoms with E-state index < -0.39 is 5.72 Å². The minimum atomic E-state index is -0.720. The van der Waals surface area contributed by atoms with Crippen LogP contribution in [0.5, 0.6) is 0 Å². The van der Waals surface area contributed by atoms with Crippen LogP contribution >= 0.6 is 11.6 Å². The number of H-pyrrole nitrogens is 1. The molecule has 3 aliphatic rings. The van der Waals surface area contributed by atoms with E-state index in [1.165, 1.54) is 6.20 Å². The van der Waals surface area contributed by atoms with Crippen molar-refractivity contribution in [3.8, 4) is 0 Å². The van der Waals surface area contributed by atoms with E-state index in [9.17, 15) is 14.4 Å². The lowest BCUT2D eigenvalue weighted by molar-refractivity contribution is -0.179.